The summed E-state index contributed by atoms with van der Waals surface area (Å²) < 4.78 is 143. The maximum atomic E-state index is 12.7. The summed E-state index contributed by atoms with van der Waals surface area (Å²) in [5, 5.41) is 136. The van der Waals surface area contributed by atoms with Crippen molar-refractivity contribution >= 4 is 116 Å². The van der Waals surface area contributed by atoms with Crippen molar-refractivity contribution in [3.05, 3.63) is 0 Å². The van der Waals surface area contributed by atoms with E-state index in [4.69, 9.17) is 108 Å². The highest BCUT2D eigenvalue weighted by Crippen LogP contribution is 2.43. The van der Waals surface area contributed by atoms with Gasteiger partial charge in [0.15, 0.2) is 0 Å². The molecule has 122 heavy (non-hydrogen) atoms. The Hall–Kier alpha value is -3.78. The van der Waals surface area contributed by atoms with E-state index in [0.717, 1.165) is 34.4 Å². The zero-order valence-corrected chi connectivity index (χ0v) is 73.8. The molecule has 0 aromatic rings. The molecule has 5 aliphatic heterocycles. The van der Waals surface area contributed by atoms with E-state index in [-0.39, 0.29) is 148 Å². The Morgan fingerprint density at radius 3 is 0.705 bits per heavy atom. The fourth-order valence-electron chi connectivity index (χ4n) is 14.8. The van der Waals surface area contributed by atoms with Crippen molar-refractivity contribution in [3.63, 3.8) is 0 Å². The fourth-order valence-corrected chi connectivity index (χ4v) is 23.0. The molecule has 0 aromatic heterocycles. The van der Waals surface area contributed by atoms with Crippen LogP contribution in [0.4, 0.5) is 0 Å². The molecule has 5 saturated heterocycles. The summed E-state index contributed by atoms with van der Waals surface area (Å²) in [6, 6.07) is -2.56. The van der Waals surface area contributed by atoms with E-state index in [2.05, 4.69) is 23.6 Å². The van der Waals surface area contributed by atoms with Crippen LogP contribution in [0.25, 0.3) is 0 Å². The smallest absolute Gasteiger partial charge is 0.451 e. The van der Waals surface area contributed by atoms with E-state index in [9.17, 15) is 91.6 Å². The third kappa shape index (κ3) is 30.4. The molecule has 8 aliphatic rings. The van der Waals surface area contributed by atoms with Gasteiger partial charge in [-0.1, -0.05) is 32.1 Å². The van der Waals surface area contributed by atoms with Crippen LogP contribution in [-0.4, -0.2) is 357 Å². The molecule has 40 N–H and O–H groups in total. The standard InChI is InChI=1S/2C13H27BN4O6S.C12H25BN4O6S.2C12H27BN4O6S/c2*1-9(15)12(4-5-12)17-25(23,24)18-7-10(3-2-6-14(21)22)13(16,8-18)11(19)20;14-11(3-4-11)7-16-24(22,23)17-6-9(2-1-5-13(20)21)12(15,8-17)10(18)19;2*1-8(14)9(2)16-24(22,23)17-6-10(4-3-5-13(20)21)12(15,7-17)11(18)19/h2*9-10,17,21-22H,2-8,15-16H2,1H3,(H,19,20);9,16,20-21H,1-8,14-15H2,(H,18,19);2*8-10,16,20-21H,3-7,14-15H2,1-2H3,(H,18,19)/t9-,10+,13+;9-,10-,13-;9-,12-;8-,9+,10-,12+;8-,9+,10-,12-/m10010/s1. The minimum Gasteiger partial charge on any atom is -0.480 e. The maximum absolute atomic E-state index is 12.7. The number of rotatable bonds is 45. The van der Waals surface area contributed by atoms with Crippen LogP contribution in [0, 0.1) is 29.6 Å². The Bertz CT molecular complexity index is 3870. The predicted octanol–water partition coefficient (Wildman–Crippen LogP) is -12.3. The Balaban J connectivity index is 0.000000320. The van der Waals surface area contributed by atoms with Crippen LogP contribution in [0.1, 0.15) is 144 Å². The molecule has 5 heterocycles. The molecular weight excluding hydrogens is 1720 g/mol. The lowest BCUT2D eigenvalue weighted by atomic mass is 9.78. The van der Waals surface area contributed by atoms with Gasteiger partial charge >= 0.3 is 65.4 Å². The summed E-state index contributed by atoms with van der Waals surface area (Å²) in [6.07, 6.45) is 7.47. The highest BCUT2D eigenvalue weighted by atomic mass is 32.2. The largest absolute Gasteiger partial charge is 0.480 e. The first kappa shape index (κ1) is 111. The Morgan fingerprint density at radius 2 is 0.541 bits per heavy atom. The van der Waals surface area contributed by atoms with Gasteiger partial charge < -0.3 is 133 Å². The zero-order valence-electron chi connectivity index (χ0n) is 69.7. The average molecular weight is 1850 g/mol. The van der Waals surface area contributed by atoms with Crippen LogP contribution in [0.15, 0.2) is 0 Å². The lowest BCUT2D eigenvalue weighted by Gasteiger charge is -2.26. The van der Waals surface area contributed by atoms with E-state index in [1.807, 2.05) is 0 Å². The van der Waals surface area contributed by atoms with Crippen LogP contribution in [-0.2, 0) is 75.0 Å². The lowest BCUT2D eigenvalue weighted by Crippen LogP contribution is -2.56. The molecule has 16 atom stereocenters. The number of nitrogens with one attached hydrogen (secondary N) is 5. The Kier molecular flexibility index (Phi) is 40.1. The van der Waals surface area contributed by atoms with Crippen LogP contribution < -0.4 is 80.9 Å². The van der Waals surface area contributed by atoms with Crippen LogP contribution in [0.5, 0.6) is 0 Å². The number of hydrogen-bond acceptors (Lipinski definition) is 35. The minimum absolute atomic E-state index is 0.0305. The zero-order chi connectivity index (χ0) is 93.7. The predicted molar refractivity (Wildman–Crippen MR) is 448 cm³/mol. The number of nitrogens with zero attached hydrogens (tertiary/aromatic N) is 5. The molecule has 60 heteroatoms. The highest BCUT2D eigenvalue weighted by molar-refractivity contribution is 7.88. The molecule has 0 unspecified atom stereocenters. The van der Waals surface area contributed by atoms with E-state index >= 15 is 0 Å². The number of carboxylic acids is 5. The topological polar surface area (TPSA) is 896 Å². The van der Waals surface area contributed by atoms with Gasteiger partial charge in [-0.05, 0) is 144 Å². The SMILES string of the molecule is C[C@@H](N)C1(NS(=O)(=O)N2C[C@H](CCCB(O)O)[C@](N)(C(=O)O)C2)CC1.C[C@H](N)C1(NS(=O)(=O)N2C[C@H](CCCB(O)O)[C@](N)(C(=O)O)C2)CC1.C[C@H](N)[C@@H](C)NS(=O)(=O)N1C[C@H](CCCB(O)O)[C@](N)(C(=O)O)C1.C[C@H](NS(=O)(=O)N1C[C@@H](CCCB(O)O)[C@](N)(C(=O)O)C1)[C@@H](C)N.NC1(CNS(=O)(=O)N2C[C@H](CCCB(O)O)[C@](N)(C(=O)O)C2)CC1. The van der Waals surface area contributed by atoms with Crippen molar-refractivity contribution in [2.24, 2.45) is 86.9 Å². The molecule has 0 bridgehead atoms. The molecule has 50 nitrogen and oxygen atoms in total. The number of hydrogen-bond donors (Lipinski definition) is 30. The van der Waals surface area contributed by atoms with Crippen molar-refractivity contribution in [3.8, 4) is 0 Å². The third-order valence-electron chi connectivity index (χ3n) is 24.4. The van der Waals surface area contributed by atoms with Gasteiger partial charge in [-0.2, -0.15) is 82.5 Å². The highest BCUT2D eigenvalue weighted by Gasteiger charge is 2.60. The Labute approximate surface area is 715 Å². The van der Waals surface area contributed by atoms with Crippen LogP contribution >= 0.6 is 0 Å². The molecule has 8 fully saturated rings. The lowest BCUT2D eigenvalue weighted by molar-refractivity contribution is -0.145. The quantitative estimate of drug-likeness (QED) is 0.0252. The van der Waals surface area contributed by atoms with Crippen molar-refractivity contribution in [1.29, 1.82) is 0 Å². The normalized spacial score (nSPS) is 29.1. The van der Waals surface area contributed by atoms with Crippen molar-refractivity contribution in [1.82, 2.24) is 45.1 Å². The Morgan fingerprint density at radius 1 is 0.344 bits per heavy atom. The van der Waals surface area contributed by atoms with Gasteiger partial charge in [0, 0.05) is 154 Å². The number of aliphatic carboxylic acids is 5. The summed E-state index contributed by atoms with van der Waals surface area (Å²) in [5.41, 5.74) is 48.4. The monoisotopic (exact) mass is 1850 g/mol. The second-order valence-electron chi connectivity index (χ2n) is 34.6. The van der Waals surface area contributed by atoms with Crippen molar-refractivity contribution in [2.45, 2.75) is 256 Å². The van der Waals surface area contributed by atoms with E-state index < -0.39 is 215 Å². The van der Waals surface area contributed by atoms with Gasteiger partial charge in [0.1, 0.15) is 27.7 Å². The molecule has 0 spiro atoms. The van der Waals surface area contributed by atoms with Crippen molar-refractivity contribution < 1.29 is 142 Å². The molecule has 3 saturated carbocycles. The first-order valence-electron chi connectivity index (χ1n) is 40.2. The fraction of sp³-hybridized carbons (Fsp3) is 0.919. The average Bonchev–Trinajstić information content (AvgIpc) is 1.60. The van der Waals surface area contributed by atoms with Gasteiger partial charge in [-0.15, -0.1) is 0 Å². The molecular formula is C62H133B5N20O30S5. The van der Waals surface area contributed by atoms with Crippen LogP contribution in [0.3, 0.4) is 0 Å². The van der Waals surface area contributed by atoms with Gasteiger partial charge in [0.05, 0.1) is 0 Å². The minimum atomic E-state index is -3.92. The van der Waals surface area contributed by atoms with E-state index in [1.54, 1.807) is 41.5 Å². The van der Waals surface area contributed by atoms with E-state index in [1.165, 1.54) is 0 Å². The summed E-state index contributed by atoms with van der Waals surface area (Å²) in [4.78, 5) is 57.9. The summed E-state index contributed by atoms with van der Waals surface area (Å²) in [6.45, 7) is 8.21. The van der Waals surface area contributed by atoms with Gasteiger partial charge in [-0.25, -0.2) is 4.72 Å². The van der Waals surface area contributed by atoms with Gasteiger partial charge in [-0.3, -0.25) is 24.0 Å². The first-order chi connectivity index (χ1) is 55.6. The molecule has 706 valence electrons. The number of nitrogens with two attached hydrogens (primary N) is 10. The summed E-state index contributed by atoms with van der Waals surface area (Å²) in [7, 11) is -27.0. The number of carbonyl (C=O) groups is 5. The van der Waals surface area contributed by atoms with E-state index in [0.29, 0.717) is 57.8 Å². The number of carboxylic acid groups (broad SMARTS) is 5. The second kappa shape index (κ2) is 44.2. The third-order valence-corrected chi connectivity index (χ3v) is 32.4. The molecule has 8 rings (SSSR count). The maximum Gasteiger partial charge on any atom is 0.451 e. The van der Waals surface area contributed by atoms with Crippen LogP contribution in [0.2, 0.25) is 31.6 Å². The molecule has 0 radical (unpaired) electrons. The second-order valence-corrected chi connectivity index (χ2v) is 43.1. The van der Waals surface area contributed by atoms with Crippen molar-refractivity contribution in [2.75, 3.05) is 72.0 Å². The molecule has 0 amide bonds. The van der Waals surface area contributed by atoms with Gasteiger partial charge in [0.2, 0.25) is 0 Å². The molecule has 3 aliphatic carbocycles. The summed E-state index contributed by atoms with van der Waals surface area (Å²) in [5.74, 6) is -9.49. The molecule has 0 aromatic carbocycles. The first-order valence-corrected chi connectivity index (χ1v) is 47.4. The summed E-state index contributed by atoms with van der Waals surface area (Å²) >= 11 is 0. The van der Waals surface area contributed by atoms with Gasteiger partial charge in [0.25, 0.3) is 51.0 Å².